The second-order valence-electron chi connectivity index (χ2n) is 10.7. The van der Waals surface area contributed by atoms with E-state index in [0.29, 0.717) is 18.8 Å². The molecule has 1 aromatic heterocycles. The van der Waals surface area contributed by atoms with Crippen LogP contribution in [0.1, 0.15) is 17.7 Å². The predicted octanol–water partition coefficient (Wildman–Crippen LogP) is 3.62. The lowest BCUT2D eigenvalue weighted by atomic mass is 10.1. The van der Waals surface area contributed by atoms with Gasteiger partial charge in [0.25, 0.3) is 0 Å². The molecule has 2 aromatic carbocycles. The van der Waals surface area contributed by atoms with Gasteiger partial charge in [0.2, 0.25) is 5.91 Å². The summed E-state index contributed by atoms with van der Waals surface area (Å²) in [6, 6.07) is 21.7. The van der Waals surface area contributed by atoms with Gasteiger partial charge < -0.3 is 14.5 Å². The van der Waals surface area contributed by atoms with Gasteiger partial charge in [-0.15, -0.1) is 11.8 Å². The predicted molar refractivity (Wildman–Crippen MR) is 157 cm³/mol. The number of piperazine rings is 1. The van der Waals surface area contributed by atoms with E-state index < -0.39 is 12.1 Å². The van der Waals surface area contributed by atoms with Crippen molar-refractivity contribution < 1.29 is 14.3 Å². The van der Waals surface area contributed by atoms with Crippen LogP contribution in [0, 0.1) is 6.92 Å². The highest BCUT2D eigenvalue weighted by Crippen LogP contribution is 2.29. The van der Waals surface area contributed by atoms with Crippen LogP contribution in [0.2, 0.25) is 0 Å². The van der Waals surface area contributed by atoms with E-state index in [-0.39, 0.29) is 18.6 Å². The largest absolute Gasteiger partial charge is 0.445 e. The number of hydrogen-bond acceptors (Lipinski definition) is 7. The minimum absolute atomic E-state index is 0.0463. The van der Waals surface area contributed by atoms with Gasteiger partial charge in [0.05, 0.1) is 17.3 Å². The molecule has 4 heterocycles. The van der Waals surface area contributed by atoms with Gasteiger partial charge in [-0.2, -0.15) is 5.10 Å². The van der Waals surface area contributed by atoms with Gasteiger partial charge in [0.1, 0.15) is 18.5 Å². The number of hydrogen-bond donors (Lipinski definition) is 0. The first kappa shape index (κ1) is 26.7. The molecular weight excluding hydrogens is 524 g/mol. The van der Waals surface area contributed by atoms with Crippen molar-refractivity contribution in [2.45, 2.75) is 32.0 Å². The fourth-order valence-corrected chi connectivity index (χ4v) is 6.86. The molecule has 0 saturated carbocycles. The number of nitrogens with zero attached hydrogens (tertiary/aromatic N) is 6. The summed E-state index contributed by atoms with van der Waals surface area (Å²) in [4.78, 5) is 35.2. The Bertz CT molecular complexity index is 1310. The number of rotatable bonds is 6. The number of likely N-dealkylation sites (tertiary alicyclic amines) is 1. The Balaban J connectivity index is 1.13. The summed E-state index contributed by atoms with van der Waals surface area (Å²) in [5.41, 5.74) is 2.98. The van der Waals surface area contributed by atoms with Crippen molar-refractivity contribution in [2.24, 2.45) is 0 Å². The fraction of sp³-hybridized carbons (Fsp3) is 0.433. The number of thioether (sulfide) groups is 1. The van der Waals surface area contributed by atoms with Crippen molar-refractivity contribution in [3.8, 4) is 5.69 Å². The van der Waals surface area contributed by atoms with Crippen LogP contribution < -0.4 is 4.90 Å². The summed E-state index contributed by atoms with van der Waals surface area (Å²) in [5.74, 6) is 2.78. The number of carbonyl (C=O) groups excluding carboxylic acids is 2. The van der Waals surface area contributed by atoms with E-state index in [1.165, 1.54) is 0 Å². The SMILES string of the molecule is Cc1cc(N2CCN(C3CC(C(=O)N4CCSC4)N(C(=O)OCc4ccccc4)C3)CC2)n(-c2ccccc2)n1. The van der Waals surface area contributed by atoms with Gasteiger partial charge in [-0.3, -0.25) is 14.6 Å². The minimum atomic E-state index is -0.479. The van der Waals surface area contributed by atoms with Crippen molar-refractivity contribution in [2.75, 3.05) is 55.8 Å². The zero-order valence-corrected chi connectivity index (χ0v) is 23.7. The first-order valence-corrected chi connectivity index (χ1v) is 15.2. The zero-order valence-electron chi connectivity index (χ0n) is 22.9. The molecule has 2 unspecified atom stereocenters. The third-order valence-corrected chi connectivity index (χ3v) is 9.00. The molecule has 10 heteroatoms. The average Bonchev–Trinajstić information content (AvgIpc) is 3.77. The number of aromatic nitrogens is 2. The minimum Gasteiger partial charge on any atom is -0.445 e. The molecule has 210 valence electrons. The Morgan fingerprint density at radius 1 is 0.975 bits per heavy atom. The van der Waals surface area contributed by atoms with E-state index in [1.54, 1.807) is 16.7 Å². The molecule has 2 amide bonds. The zero-order chi connectivity index (χ0) is 27.5. The standard InChI is InChI=1S/C30H36N6O3S/c1-23-18-28(36(31-23)25-10-6-3-7-11-25)33-14-12-32(13-15-33)26-19-27(29(37)34-16-17-40-22-34)35(20-26)30(38)39-21-24-8-4-2-5-9-24/h2-11,18,26-27H,12-17,19-22H2,1H3. The van der Waals surface area contributed by atoms with E-state index >= 15 is 0 Å². The lowest BCUT2D eigenvalue weighted by Gasteiger charge is -2.38. The van der Waals surface area contributed by atoms with E-state index in [4.69, 9.17) is 9.84 Å². The van der Waals surface area contributed by atoms with Crippen LogP contribution in [-0.2, 0) is 16.1 Å². The second-order valence-corrected chi connectivity index (χ2v) is 11.7. The molecule has 6 rings (SSSR count). The molecular formula is C30H36N6O3S. The third-order valence-electron chi connectivity index (χ3n) is 8.04. The van der Waals surface area contributed by atoms with Crippen LogP contribution in [0.3, 0.4) is 0 Å². The van der Waals surface area contributed by atoms with Gasteiger partial charge in [-0.1, -0.05) is 48.5 Å². The molecule has 3 saturated heterocycles. The molecule has 0 spiro atoms. The van der Waals surface area contributed by atoms with Crippen LogP contribution in [0.15, 0.2) is 66.7 Å². The molecule has 2 atom stereocenters. The molecule has 3 fully saturated rings. The quantitative estimate of drug-likeness (QED) is 0.456. The van der Waals surface area contributed by atoms with E-state index in [1.807, 2.05) is 65.0 Å². The summed E-state index contributed by atoms with van der Waals surface area (Å²) >= 11 is 1.76. The van der Waals surface area contributed by atoms with Gasteiger partial charge in [0, 0.05) is 57.1 Å². The summed E-state index contributed by atoms with van der Waals surface area (Å²) in [6.45, 7) is 6.90. The molecule has 9 nitrogen and oxygen atoms in total. The van der Waals surface area contributed by atoms with Crippen molar-refractivity contribution in [1.82, 2.24) is 24.5 Å². The molecule has 3 aliphatic heterocycles. The Morgan fingerprint density at radius 2 is 1.70 bits per heavy atom. The average molecular weight is 561 g/mol. The molecule has 0 N–H and O–H groups in total. The molecule has 3 aliphatic rings. The highest BCUT2D eigenvalue weighted by Gasteiger charge is 2.45. The summed E-state index contributed by atoms with van der Waals surface area (Å²) < 4.78 is 7.72. The number of carbonyl (C=O) groups is 2. The maximum atomic E-state index is 13.5. The van der Waals surface area contributed by atoms with Crippen LogP contribution in [0.25, 0.3) is 5.69 Å². The van der Waals surface area contributed by atoms with Crippen LogP contribution >= 0.6 is 11.8 Å². The van der Waals surface area contributed by atoms with Crippen molar-refractivity contribution in [3.63, 3.8) is 0 Å². The second kappa shape index (κ2) is 11.9. The Kier molecular flexibility index (Phi) is 7.97. The molecule has 0 aliphatic carbocycles. The molecule has 3 aromatic rings. The first-order chi connectivity index (χ1) is 19.6. The Morgan fingerprint density at radius 3 is 2.40 bits per heavy atom. The topological polar surface area (TPSA) is 74.2 Å². The number of amides is 2. The molecule has 40 heavy (non-hydrogen) atoms. The Hall–Kier alpha value is -3.50. The first-order valence-electron chi connectivity index (χ1n) is 14.0. The summed E-state index contributed by atoms with van der Waals surface area (Å²) in [5, 5.41) is 4.75. The Labute approximate surface area is 239 Å². The maximum absolute atomic E-state index is 13.5. The lowest BCUT2D eigenvalue weighted by molar-refractivity contribution is -0.134. The monoisotopic (exact) mass is 560 g/mol. The third kappa shape index (κ3) is 5.69. The van der Waals surface area contributed by atoms with Crippen molar-refractivity contribution in [1.29, 1.82) is 0 Å². The van der Waals surface area contributed by atoms with E-state index in [0.717, 1.165) is 61.2 Å². The number of ether oxygens (including phenoxy) is 1. The van der Waals surface area contributed by atoms with Crippen LogP contribution in [0.4, 0.5) is 10.6 Å². The number of para-hydroxylation sites is 1. The smallest absolute Gasteiger partial charge is 0.410 e. The molecule has 0 radical (unpaired) electrons. The fourth-order valence-electron chi connectivity index (χ4n) is 5.90. The van der Waals surface area contributed by atoms with Gasteiger partial charge >= 0.3 is 6.09 Å². The van der Waals surface area contributed by atoms with Gasteiger partial charge in [0.15, 0.2) is 0 Å². The van der Waals surface area contributed by atoms with E-state index in [9.17, 15) is 9.59 Å². The molecule has 0 bridgehead atoms. The lowest BCUT2D eigenvalue weighted by Crippen LogP contribution is -2.51. The number of aryl methyl sites for hydroxylation is 1. The van der Waals surface area contributed by atoms with Crippen LogP contribution in [-0.4, -0.2) is 99.5 Å². The number of anilines is 1. The normalized spacial score (nSPS) is 21.7. The van der Waals surface area contributed by atoms with E-state index in [2.05, 4.69) is 28.0 Å². The summed E-state index contributed by atoms with van der Waals surface area (Å²) in [7, 11) is 0. The highest BCUT2D eigenvalue weighted by molar-refractivity contribution is 7.99. The van der Waals surface area contributed by atoms with Gasteiger partial charge in [-0.25, -0.2) is 9.48 Å². The van der Waals surface area contributed by atoms with Crippen molar-refractivity contribution in [3.05, 3.63) is 78.0 Å². The highest BCUT2D eigenvalue weighted by atomic mass is 32.2. The maximum Gasteiger partial charge on any atom is 0.410 e. The number of benzene rings is 2. The van der Waals surface area contributed by atoms with Gasteiger partial charge in [-0.05, 0) is 31.0 Å². The van der Waals surface area contributed by atoms with Crippen molar-refractivity contribution >= 4 is 29.6 Å². The van der Waals surface area contributed by atoms with Crippen LogP contribution in [0.5, 0.6) is 0 Å². The summed E-state index contributed by atoms with van der Waals surface area (Å²) in [6.07, 6.45) is 0.235.